The first kappa shape index (κ1) is 59.9. The predicted octanol–water partition coefficient (Wildman–Crippen LogP) is 24.1. The first-order chi connectivity index (χ1) is 44.8. The fourth-order valence-electron chi connectivity index (χ4n) is 12.4. The highest BCUT2D eigenvalue weighted by atomic mass is 35.5. The van der Waals surface area contributed by atoms with Gasteiger partial charge in [-0.25, -0.2) is 15.0 Å². The number of rotatable bonds is 6. The fraction of sp³-hybridized carbons (Fsp3) is 0.0741. The third kappa shape index (κ3) is 11.5. The number of benzene rings is 12. The van der Waals surface area contributed by atoms with Gasteiger partial charge in [-0.15, -0.1) is 34.0 Å². The number of hydrogen-bond acceptors (Lipinski definition) is 6. The first-order valence-electron chi connectivity index (χ1n) is 30.5. The topological polar surface area (TPSA) is 74.0 Å². The average Bonchev–Trinajstić information content (AvgIpc) is 1.59. The van der Waals surface area contributed by atoms with Crippen LogP contribution >= 0.6 is 57.2 Å². The number of aryl methyl sites for hydroxylation is 6. The Hall–Kier alpha value is -9.71. The smallest absolute Gasteiger partial charge is 0.145 e. The van der Waals surface area contributed by atoms with E-state index in [1.54, 1.807) is 11.3 Å². The Morgan fingerprint density at radius 1 is 0.348 bits per heavy atom. The number of aliphatic imine (C=N–C) groups is 1. The molecule has 0 unspecified atom stereocenters. The normalized spacial score (nSPS) is 11.6. The van der Waals surface area contributed by atoms with Crippen molar-refractivity contribution in [3.05, 3.63) is 304 Å². The van der Waals surface area contributed by atoms with Gasteiger partial charge in [0.25, 0.3) is 0 Å². The number of aromatic nitrogens is 4. The summed E-state index contributed by atoms with van der Waals surface area (Å²) in [7, 11) is 0. The number of hydrogen-bond donors (Lipinski definition) is 1. The van der Waals surface area contributed by atoms with Gasteiger partial charge < -0.3 is 5.73 Å². The van der Waals surface area contributed by atoms with Crippen molar-refractivity contribution in [1.82, 2.24) is 19.1 Å². The molecular formula is C81H62Cl2N6S3. The van der Waals surface area contributed by atoms with Crippen LogP contribution in [0.4, 0.5) is 5.69 Å². The number of halogens is 2. The van der Waals surface area contributed by atoms with E-state index < -0.39 is 0 Å². The average molecular weight is 1290 g/mol. The monoisotopic (exact) mass is 1280 g/mol. The number of para-hydroxylation sites is 3. The van der Waals surface area contributed by atoms with Crippen LogP contribution in [0.15, 0.2) is 260 Å². The Morgan fingerprint density at radius 3 is 1.18 bits per heavy atom. The van der Waals surface area contributed by atoms with Gasteiger partial charge in [0.1, 0.15) is 17.5 Å². The van der Waals surface area contributed by atoms with Crippen molar-refractivity contribution < 1.29 is 0 Å². The van der Waals surface area contributed by atoms with Crippen LogP contribution in [-0.2, 0) is 0 Å². The Kier molecular flexibility index (Phi) is 16.6. The lowest BCUT2D eigenvalue weighted by Gasteiger charge is -2.15. The van der Waals surface area contributed by atoms with E-state index in [9.17, 15) is 0 Å². The SMILES string of the molecule is Cc1cccc(C)c1-n1c(-c2ccccc2)nc2cc3c(cc21)sc1ccccc13.Cc1cccc(C)c1-n1c(-c2ccccc2)nc2cc3sc4ccccc4c3cc21.Cc1cccc(C)c1N=C(N)c1ccccc1.Clc1cc2sc3ccccc3c2cc1Cl. The minimum atomic E-state index is 0.558. The molecule has 6 nitrogen and oxygen atoms in total. The standard InChI is InChI=1S/2C27H20N2S.C15H16N2.C12H6Cl2S/c1-17-9-8-10-18(2)26(17)29-23-15-21-20-13-6-7-14-24(20)30-25(21)16-22(23)28-27(29)19-11-4-3-5-12-19;1-17-9-8-10-18(2)26(17)29-23-16-25-21(20-13-6-7-14-24(20)30-25)15-22(23)28-27(29)19-11-4-3-5-12-19;1-11-7-6-8-12(2)14(11)17-15(16)13-9-4-3-5-10-13;13-9-5-8-7-3-1-2-4-11(7)15-12(8)6-10(9)14/h2*3-16H,1-2H3;3-10H,1-2H3,(H2,16,17);1-6H. The molecule has 0 radical (unpaired) electrons. The molecule has 17 aromatic rings. The van der Waals surface area contributed by atoms with E-state index in [0.717, 1.165) is 67.2 Å². The molecule has 0 amide bonds. The molecule has 0 bridgehead atoms. The van der Waals surface area contributed by atoms with Crippen LogP contribution in [0.1, 0.15) is 38.9 Å². The Bertz CT molecular complexity index is 5540. The lowest BCUT2D eigenvalue weighted by atomic mass is 10.1. The number of fused-ring (bicyclic) bond motifs is 11. The van der Waals surface area contributed by atoms with Crippen LogP contribution < -0.4 is 5.73 Å². The molecule has 17 rings (SSSR count). The second-order valence-corrected chi connectivity index (χ2v) is 27.2. The van der Waals surface area contributed by atoms with E-state index in [2.05, 4.69) is 224 Å². The highest BCUT2D eigenvalue weighted by Gasteiger charge is 2.22. The quantitative estimate of drug-likeness (QED) is 0.133. The zero-order valence-corrected chi connectivity index (χ0v) is 55.5. The van der Waals surface area contributed by atoms with E-state index in [1.165, 1.54) is 94.1 Å². The molecule has 0 aliphatic carbocycles. The maximum atomic E-state index is 6.02. The second-order valence-electron chi connectivity index (χ2n) is 23.1. The predicted molar refractivity (Wildman–Crippen MR) is 400 cm³/mol. The van der Waals surface area contributed by atoms with Gasteiger partial charge in [-0.2, -0.15) is 0 Å². The number of nitrogens with two attached hydrogens (primary N) is 1. The molecule has 92 heavy (non-hydrogen) atoms. The molecule has 0 aliphatic rings. The summed E-state index contributed by atoms with van der Waals surface area (Å²) >= 11 is 17.4. The number of thiophene rings is 3. The minimum absolute atomic E-state index is 0.558. The van der Waals surface area contributed by atoms with E-state index in [-0.39, 0.29) is 0 Å². The van der Waals surface area contributed by atoms with Gasteiger partial charge in [-0.1, -0.05) is 223 Å². The Morgan fingerprint density at radius 2 is 0.707 bits per heavy atom. The largest absolute Gasteiger partial charge is 0.383 e. The zero-order valence-electron chi connectivity index (χ0n) is 51.5. The Balaban J connectivity index is 0.000000111. The van der Waals surface area contributed by atoms with E-state index in [4.69, 9.17) is 38.9 Å². The van der Waals surface area contributed by atoms with Gasteiger partial charge in [0.2, 0.25) is 0 Å². The molecule has 5 heterocycles. The second kappa shape index (κ2) is 25.5. The highest BCUT2D eigenvalue weighted by Crippen LogP contribution is 2.43. The molecule has 0 atom stereocenters. The lowest BCUT2D eigenvalue weighted by molar-refractivity contribution is 1.06. The van der Waals surface area contributed by atoms with Gasteiger partial charge in [0.15, 0.2) is 0 Å². The molecule has 0 spiro atoms. The molecule has 11 heteroatoms. The van der Waals surface area contributed by atoms with Crippen molar-refractivity contribution in [1.29, 1.82) is 0 Å². The Labute approximate surface area is 556 Å². The van der Waals surface area contributed by atoms with Crippen molar-refractivity contribution in [3.63, 3.8) is 0 Å². The fourth-order valence-corrected chi connectivity index (χ4v) is 16.2. The third-order valence-electron chi connectivity index (χ3n) is 16.9. The van der Waals surface area contributed by atoms with E-state index in [1.807, 2.05) is 109 Å². The van der Waals surface area contributed by atoms with Crippen molar-refractivity contribution in [2.24, 2.45) is 10.7 Å². The summed E-state index contributed by atoms with van der Waals surface area (Å²) in [5, 5.41) is 8.88. The van der Waals surface area contributed by atoms with Crippen LogP contribution in [0.3, 0.4) is 0 Å². The van der Waals surface area contributed by atoms with Gasteiger partial charge in [-0.3, -0.25) is 9.13 Å². The first-order valence-corrected chi connectivity index (χ1v) is 33.7. The zero-order chi connectivity index (χ0) is 63.1. The summed E-state index contributed by atoms with van der Waals surface area (Å²) in [6, 6.07) is 88.5. The molecule has 0 aliphatic heterocycles. The van der Waals surface area contributed by atoms with E-state index >= 15 is 0 Å². The third-order valence-corrected chi connectivity index (χ3v) is 21.0. The van der Waals surface area contributed by atoms with Crippen LogP contribution in [0.2, 0.25) is 10.0 Å². The molecule has 5 aromatic heterocycles. The molecule has 12 aromatic carbocycles. The van der Waals surface area contributed by atoms with Crippen LogP contribution in [0, 0.1) is 41.5 Å². The molecule has 2 N–H and O–H groups in total. The van der Waals surface area contributed by atoms with Crippen molar-refractivity contribution in [3.8, 4) is 34.2 Å². The number of amidine groups is 1. The highest BCUT2D eigenvalue weighted by molar-refractivity contribution is 7.26. The van der Waals surface area contributed by atoms with Crippen molar-refractivity contribution in [2.75, 3.05) is 0 Å². The molecular weight excluding hydrogens is 1220 g/mol. The maximum absolute atomic E-state index is 6.02. The molecule has 448 valence electrons. The maximum Gasteiger partial charge on any atom is 0.145 e. The van der Waals surface area contributed by atoms with Crippen LogP contribution in [0.25, 0.3) is 117 Å². The summed E-state index contributed by atoms with van der Waals surface area (Å²) in [5.41, 5.74) is 24.3. The lowest BCUT2D eigenvalue weighted by Crippen LogP contribution is -2.12. The summed E-state index contributed by atoms with van der Waals surface area (Å²) in [6.45, 7) is 12.8. The van der Waals surface area contributed by atoms with Gasteiger partial charge in [0.05, 0.1) is 49.2 Å². The molecule has 0 saturated heterocycles. The summed E-state index contributed by atoms with van der Waals surface area (Å²) in [5.74, 6) is 2.54. The number of nitrogens with zero attached hydrogens (tertiary/aromatic N) is 5. The summed E-state index contributed by atoms with van der Waals surface area (Å²) in [4.78, 5) is 14.8. The molecule has 0 saturated carbocycles. The number of imidazole rings is 2. The van der Waals surface area contributed by atoms with Gasteiger partial charge in [0, 0.05) is 77.2 Å². The van der Waals surface area contributed by atoms with Crippen LogP contribution in [0.5, 0.6) is 0 Å². The van der Waals surface area contributed by atoms with Gasteiger partial charge >= 0.3 is 0 Å². The van der Waals surface area contributed by atoms with Crippen molar-refractivity contribution >= 4 is 151 Å². The van der Waals surface area contributed by atoms with E-state index in [0.29, 0.717) is 15.9 Å². The van der Waals surface area contributed by atoms with Crippen LogP contribution in [-0.4, -0.2) is 24.9 Å². The summed E-state index contributed by atoms with van der Waals surface area (Å²) in [6.07, 6.45) is 0. The summed E-state index contributed by atoms with van der Waals surface area (Å²) < 4.78 is 12.4. The van der Waals surface area contributed by atoms with Gasteiger partial charge in [-0.05, 0) is 130 Å². The molecule has 0 fully saturated rings. The van der Waals surface area contributed by atoms with Crippen molar-refractivity contribution in [2.45, 2.75) is 41.5 Å². The minimum Gasteiger partial charge on any atom is -0.383 e.